The Labute approximate surface area is 118 Å². The van der Waals surface area contributed by atoms with Crippen molar-refractivity contribution >= 4 is 11.6 Å². The summed E-state index contributed by atoms with van der Waals surface area (Å²) in [5, 5.41) is 14.8. The van der Waals surface area contributed by atoms with E-state index in [0.717, 1.165) is 25.1 Å². The van der Waals surface area contributed by atoms with Crippen molar-refractivity contribution in [3.63, 3.8) is 0 Å². The van der Waals surface area contributed by atoms with Crippen LogP contribution in [0, 0.1) is 11.3 Å². The minimum absolute atomic E-state index is 0.0180. The zero-order chi connectivity index (χ0) is 14.2. The number of nitrogens with one attached hydrogen (secondary N) is 2. The summed E-state index contributed by atoms with van der Waals surface area (Å²) in [6.07, 6.45) is 2.69. The standard InChI is InChI=1S/C15H19N3O2/c16-10-12-3-1-4-13(9-12)17-7-6-15(19)18-11-14-5-2-8-20-14/h1,3-4,9,14,17H,2,5-8,11H2,(H,18,19). The molecule has 1 heterocycles. The third-order valence-electron chi connectivity index (χ3n) is 3.22. The van der Waals surface area contributed by atoms with Gasteiger partial charge in [0.25, 0.3) is 0 Å². The van der Waals surface area contributed by atoms with Crippen LogP contribution in [0.1, 0.15) is 24.8 Å². The molecule has 2 N–H and O–H groups in total. The van der Waals surface area contributed by atoms with Crippen molar-refractivity contribution in [2.45, 2.75) is 25.4 Å². The third-order valence-corrected chi connectivity index (χ3v) is 3.22. The van der Waals surface area contributed by atoms with Crippen molar-refractivity contribution in [3.05, 3.63) is 29.8 Å². The van der Waals surface area contributed by atoms with Crippen LogP contribution in [0.5, 0.6) is 0 Å². The summed E-state index contributed by atoms with van der Waals surface area (Å²) in [6.45, 7) is 1.95. The summed E-state index contributed by atoms with van der Waals surface area (Å²) in [5.74, 6) is 0.0180. The molecule has 1 amide bonds. The zero-order valence-electron chi connectivity index (χ0n) is 11.4. The molecule has 0 aromatic heterocycles. The zero-order valence-corrected chi connectivity index (χ0v) is 11.4. The Morgan fingerprint density at radius 2 is 2.40 bits per heavy atom. The number of benzene rings is 1. The first-order valence-corrected chi connectivity index (χ1v) is 6.90. The van der Waals surface area contributed by atoms with E-state index < -0.39 is 0 Å². The van der Waals surface area contributed by atoms with Gasteiger partial charge in [0.05, 0.1) is 17.7 Å². The maximum Gasteiger partial charge on any atom is 0.221 e. The van der Waals surface area contributed by atoms with Crippen LogP contribution < -0.4 is 10.6 Å². The van der Waals surface area contributed by atoms with Gasteiger partial charge in [0.15, 0.2) is 0 Å². The van der Waals surface area contributed by atoms with Crippen LogP contribution in [0.4, 0.5) is 5.69 Å². The molecule has 0 aliphatic carbocycles. The number of nitrogens with zero attached hydrogens (tertiary/aromatic N) is 1. The van der Waals surface area contributed by atoms with Gasteiger partial charge in [-0.15, -0.1) is 0 Å². The van der Waals surface area contributed by atoms with Crippen molar-refractivity contribution in [2.75, 3.05) is 25.0 Å². The highest BCUT2D eigenvalue weighted by atomic mass is 16.5. The van der Waals surface area contributed by atoms with E-state index >= 15 is 0 Å². The molecule has 0 radical (unpaired) electrons. The summed E-state index contributed by atoms with van der Waals surface area (Å²) < 4.78 is 5.44. The molecule has 0 spiro atoms. The van der Waals surface area contributed by atoms with Gasteiger partial charge in [-0.3, -0.25) is 4.79 Å². The van der Waals surface area contributed by atoms with Gasteiger partial charge in [-0.25, -0.2) is 0 Å². The fraction of sp³-hybridized carbons (Fsp3) is 0.467. The van der Waals surface area contributed by atoms with Crippen molar-refractivity contribution in [3.8, 4) is 6.07 Å². The molecular weight excluding hydrogens is 254 g/mol. The number of carbonyl (C=O) groups excluding carboxylic acids is 1. The summed E-state index contributed by atoms with van der Waals surface area (Å²) in [6, 6.07) is 9.30. The molecule has 5 nitrogen and oxygen atoms in total. The van der Waals surface area contributed by atoms with Gasteiger partial charge < -0.3 is 15.4 Å². The Morgan fingerprint density at radius 3 is 3.15 bits per heavy atom. The number of rotatable bonds is 6. The topological polar surface area (TPSA) is 74.2 Å². The van der Waals surface area contributed by atoms with E-state index in [4.69, 9.17) is 10.00 Å². The van der Waals surface area contributed by atoms with Crippen LogP contribution in [-0.2, 0) is 9.53 Å². The van der Waals surface area contributed by atoms with Crippen LogP contribution in [0.3, 0.4) is 0 Å². The Bertz CT molecular complexity index is 490. The van der Waals surface area contributed by atoms with E-state index in [1.54, 1.807) is 12.1 Å². The number of hydrogen-bond acceptors (Lipinski definition) is 4. The Kier molecular flexibility index (Phi) is 5.39. The maximum absolute atomic E-state index is 11.7. The number of ether oxygens (including phenoxy) is 1. The lowest BCUT2D eigenvalue weighted by Gasteiger charge is -2.11. The molecule has 0 bridgehead atoms. The summed E-state index contributed by atoms with van der Waals surface area (Å²) in [5.41, 5.74) is 1.47. The normalized spacial score (nSPS) is 17.4. The molecule has 1 atom stereocenters. The van der Waals surface area contributed by atoms with E-state index in [9.17, 15) is 4.79 Å². The lowest BCUT2D eigenvalue weighted by Crippen LogP contribution is -2.32. The molecule has 20 heavy (non-hydrogen) atoms. The quantitative estimate of drug-likeness (QED) is 0.826. The molecule has 1 saturated heterocycles. The molecule has 1 aromatic rings. The fourth-order valence-corrected chi connectivity index (χ4v) is 2.14. The van der Waals surface area contributed by atoms with E-state index in [-0.39, 0.29) is 12.0 Å². The van der Waals surface area contributed by atoms with Crippen LogP contribution >= 0.6 is 0 Å². The van der Waals surface area contributed by atoms with Crippen molar-refractivity contribution in [1.29, 1.82) is 5.26 Å². The second-order valence-electron chi connectivity index (χ2n) is 4.81. The van der Waals surface area contributed by atoms with Gasteiger partial charge in [0, 0.05) is 31.8 Å². The van der Waals surface area contributed by atoms with Crippen LogP contribution in [0.2, 0.25) is 0 Å². The highest BCUT2D eigenvalue weighted by molar-refractivity contribution is 5.76. The number of anilines is 1. The average Bonchev–Trinajstić information content (AvgIpc) is 2.99. The third kappa shape index (κ3) is 4.56. The van der Waals surface area contributed by atoms with E-state index in [0.29, 0.717) is 25.1 Å². The molecule has 1 unspecified atom stereocenters. The number of hydrogen-bond donors (Lipinski definition) is 2. The molecule has 1 aromatic carbocycles. The second kappa shape index (κ2) is 7.51. The predicted octanol–water partition coefficient (Wildman–Crippen LogP) is 1.66. The highest BCUT2D eigenvalue weighted by Gasteiger charge is 2.15. The summed E-state index contributed by atoms with van der Waals surface area (Å²) >= 11 is 0. The number of amides is 1. The van der Waals surface area contributed by atoms with Gasteiger partial charge >= 0.3 is 0 Å². The monoisotopic (exact) mass is 273 g/mol. The smallest absolute Gasteiger partial charge is 0.221 e. The summed E-state index contributed by atoms with van der Waals surface area (Å²) in [4.78, 5) is 11.7. The first-order valence-electron chi connectivity index (χ1n) is 6.90. The Balaban J connectivity index is 1.64. The summed E-state index contributed by atoms with van der Waals surface area (Å²) in [7, 11) is 0. The van der Waals surface area contributed by atoms with E-state index in [1.807, 2.05) is 12.1 Å². The Hall–Kier alpha value is -2.06. The predicted molar refractivity (Wildman–Crippen MR) is 76.2 cm³/mol. The molecule has 1 aliphatic rings. The van der Waals surface area contributed by atoms with Gasteiger partial charge in [-0.1, -0.05) is 6.07 Å². The number of carbonyl (C=O) groups is 1. The molecule has 0 saturated carbocycles. The molecule has 1 aliphatic heterocycles. The SMILES string of the molecule is N#Cc1cccc(NCCC(=O)NCC2CCCO2)c1. The molecule has 1 fully saturated rings. The van der Waals surface area contributed by atoms with E-state index in [2.05, 4.69) is 16.7 Å². The molecule has 2 rings (SSSR count). The van der Waals surface area contributed by atoms with Gasteiger partial charge in [0.1, 0.15) is 0 Å². The van der Waals surface area contributed by atoms with Crippen molar-refractivity contribution in [1.82, 2.24) is 5.32 Å². The molecular formula is C15H19N3O2. The number of nitriles is 1. The minimum Gasteiger partial charge on any atom is -0.384 e. The van der Waals surface area contributed by atoms with Crippen molar-refractivity contribution < 1.29 is 9.53 Å². The minimum atomic E-state index is 0.0180. The molecule has 106 valence electrons. The first-order chi connectivity index (χ1) is 9.78. The Morgan fingerprint density at radius 1 is 1.50 bits per heavy atom. The lowest BCUT2D eigenvalue weighted by atomic mass is 10.2. The van der Waals surface area contributed by atoms with E-state index in [1.165, 1.54) is 0 Å². The van der Waals surface area contributed by atoms with Gasteiger partial charge in [-0.05, 0) is 31.0 Å². The second-order valence-corrected chi connectivity index (χ2v) is 4.81. The first kappa shape index (κ1) is 14.4. The van der Waals surface area contributed by atoms with Crippen LogP contribution in [-0.4, -0.2) is 31.7 Å². The highest BCUT2D eigenvalue weighted by Crippen LogP contribution is 2.11. The maximum atomic E-state index is 11.7. The van der Waals surface area contributed by atoms with Gasteiger partial charge in [0.2, 0.25) is 5.91 Å². The van der Waals surface area contributed by atoms with Crippen LogP contribution in [0.15, 0.2) is 24.3 Å². The average molecular weight is 273 g/mol. The molecule has 5 heteroatoms. The van der Waals surface area contributed by atoms with Crippen LogP contribution in [0.25, 0.3) is 0 Å². The van der Waals surface area contributed by atoms with Gasteiger partial charge in [-0.2, -0.15) is 5.26 Å². The lowest BCUT2D eigenvalue weighted by molar-refractivity contribution is -0.121. The largest absolute Gasteiger partial charge is 0.384 e. The fourth-order valence-electron chi connectivity index (χ4n) is 2.14. The van der Waals surface area contributed by atoms with Crippen molar-refractivity contribution in [2.24, 2.45) is 0 Å².